The van der Waals surface area contributed by atoms with Gasteiger partial charge in [-0.25, -0.2) is 0 Å². The Hall–Kier alpha value is -0.500. The summed E-state index contributed by atoms with van der Waals surface area (Å²) in [5, 5.41) is 13.2. The second kappa shape index (κ2) is 38.0. The molecule has 0 rings (SSSR count). The lowest BCUT2D eigenvalue weighted by molar-refractivity contribution is -0.870. The van der Waals surface area contributed by atoms with Crippen LogP contribution in [-0.4, -0.2) is 68.5 Å². The number of amides is 1. The molecule has 9 heteroatoms. The van der Waals surface area contributed by atoms with Crippen LogP contribution in [0.4, 0.5) is 0 Å². The fraction of sp³-hybridized carbons (Fsp3) is 0.978. The molecule has 54 heavy (non-hydrogen) atoms. The van der Waals surface area contributed by atoms with Crippen molar-refractivity contribution < 1.29 is 32.9 Å². The zero-order valence-electron chi connectivity index (χ0n) is 36.7. The molecule has 0 fully saturated rings. The van der Waals surface area contributed by atoms with Gasteiger partial charge in [0.2, 0.25) is 5.91 Å². The molecule has 0 saturated carbocycles. The van der Waals surface area contributed by atoms with Gasteiger partial charge in [0.15, 0.2) is 0 Å². The number of nitrogens with one attached hydrogen (secondary N) is 1. The molecule has 3 unspecified atom stereocenters. The van der Waals surface area contributed by atoms with Crippen molar-refractivity contribution in [3.05, 3.63) is 0 Å². The van der Waals surface area contributed by atoms with Gasteiger partial charge in [-0.2, -0.15) is 0 Å². The molecule has 0 aliphatic rings. The van der Waals surface area contributed by atoms with Crippen LogP contribution >= 0.6 is 7.82 Å². The van der Waals surface area contributed by atoms with Gasteiger partial charge in [0.1, 0.15) is 13.2 Å². The lowest BCUT2D eigenvalue weighted by Crippen LogP contribution is -2.45. The number of nitrogens with zero attached hydrogens (tertiary/aromatic N) is 1. The molecule has 0 saturated heterocycles. The summed E-state index contributed by atoms with van der Waals surface area (Å²) in [4.78, 5) is 23.8. The third kappa shape index (κ3) is 41.1. The first-order chi connectivity index (χ1) is 26.0. The van der Waals surface area contributed by atoms with E-state index >= 15 is 0 Å². The highest BCUT2D eigenvalue weighted by Crippen LogP contribution is 2.38. The number of aliphatic hydroxyl groups excluding tert-OH is 1. The van der Waals surface area contributed by atoms with Gasteiger partial charge in [-0.1, -0.05) is 219 Å². The van der Waals surface area contributed by atoms with Crippen LogP contribution in [0.3, 0.4) is 0 Å². The number of phosphoric acid groups is 1. The molecule has 0 bridgehead atoms. The molecule has 324 valence electrons. The Kier molecular flexibility index (Phi) is 37.7. The predicted molar refractivity (Wildman–Crippen MR) is 229 cm³/mol. The zero-order chi connectivity index (χ0) is 40.0. The van der Waals surface area contributed by atoms with E-state index in [0.29, 0.717) is 17.4 Å². The van der Waals surface area contributed by atoms with Crippen LogP contribution in [-0.2, 0) is 18.4 Å². The van der Waals surface area contributed by atoms with Crippen LogP contribution in [0.2, 0.25) is 0 Å². The number of likely N-dealkylation sites (N-methyl/N-ethyl adjacent to an activating group) is 1. The Balaban J connectivity index is 3.48. The van der Waals surface area contributed by atoms with Gasteiger partial charge in [-0.3, -0.25) is 9.36 Å². The van der Waals surface area contributed by atoms with E-state index < -0.39 is 20.0 Å². The quantitative estimate of drug-likeness (QED) is 0.0362. The van der Waals surface area contributed by atoms with E-state index in [2.05, 4.69) is 12.2 Å². The molecule has 0 aliphatic heterocycles. The maximum Gasteiger partial charge on any atom is 0.268 e. The van der Waals surface area contributed by atoms with E-state index in [1.165, 1.54) is 200 Å². The lowest BCUT2D eigenvalue weighted by atomic mass is 10.0. The molecule has 0 aromatic rings. The SMILES string of the molecule is CCCCCCCCCCCCCCCCCCCCCCCCCCCCCCCCCCCC(O)C(COP(=O)([O-])OCC[N+](C)(C)C)NC(C)=O. The van der Waals surface area contributed by atoms with Crippen LogP contribution in [0.15, 0.2) is 0 Å². The van der Waals surface area contributed by atoms with Crippen LogP contribution < -0.4 is 10.2 Å². The van der Waals surface area contributed by atoms with E-state index in [1.807, 2.05) is 21.1 Å². The highest BCUT2D eigenvalue weighted by atomic mass is 31.2. The number of unbranched alkanes of at least 4 members (excludes halogenated alkanes) is 32. The maximum absolute atomic E-state index is 12.1. The average molecular weight is 789 g/mol. The van der Waals surface area contributed by atoms with Gasteiger partial charge in [0.25, 0.3) is 7.82 Å². The van der Waals surface area contributed by atoms with Gasteiger partial charge in [0, 0.05) is 6.92 Å². The Bertz CT molecular complexity index is 855. The van der Waals surface area contributed by atoms with Crippen LogP contribution in [0, 0.1) is 0 Å². The fourth-order valence-corrected chi connectivity index (χ4v) is 7.98. The molecule has 0 heterocycles. The molecule has 2 N–H and O–H groups in total. The first kappa shape index (κ1) is 53.5. The molecule has 0 radical (unpaired) electrons. The van der Waals surface area contributed by atoms with Gasteiger partial charge < -0.3 is 28.8 Å². The Morgan fingerprint density at radius 2 is 0.870 bits per heavy atom. The minimum Gasteiger partial charge on any atom is -0.756 e. The number of hydrogen-bond acceptors (Lipinski definition) is 6. The average Bonchev–Trinajstić information content (AvgIpc) is 3.11. The standard InChI is InChI=1S/C45H93N2O6P/c1-6-7-8-9-10-11-12-13-14-15-16-17-18-19-20-21-22-23-24-25-26-27-28-29-30-31-32-33-34-35-36-37-38-39-45(49)44(46-43(2)48)42-53-54(50,51)52-41-40-47(3,4)5/h44-45,49H,6-42H2,1-5H3,(H-,46,48,50,51). The Morgan fingerprint density at radius 3 is 1.15 bits per heavy atom. The summed E-state index contributed by atoms with van der Waals surface area (Å²) in [5.41, 5.74) is 0. The summed E-state index contributed by atoms with van der Waals surface area (Å²) in [6.45, 7) is 3.82. The molecule has 1 amide bonds. The van der Waals surface area contributed by atoms with Crippen LogP contribution in [0.25, 0.3) is 0 Å². The normalized spacial score (nSPS) is 14.3. The number of hydrogen-bond donors (Lipinski definition) is 2. The van der Waals surface area contributed by atoms with E-state index in [1.54, 1.807) is 0 Å². The van der Waals surface area contributed by atoms with E-state index in [4.69, 9.17) is 9.05 Å². The number of phosphoric ester groups is 1. The van der Waals surface area contributed by atoms with Crippen molar-refractivity contribution in [3.63, 3.8) is 0 Å². The molecule has 8 nitrogen and oxygen atoms in total. The molecule has 0 spiro atoms. The summed E-state index contributed by atoms with van der Waals surface area (Å²) >= 11 is 0. The molecule has 0 aromatic heterocycles. The highest BCUT2D eigenvalue weighted by Gasteiger charge is 2.23. The predicted octanol–water partition coefficient (Wildman–Crippen LogP) is 12.3. The minimum atomic E-state index is -4.51. The number of aliphatic hydroxyl groups is 1. The smallest absolute Gasteiger partial charge is 0.268 e. The largest absolute Gasteiger partial charge is 0.756 e. The van der Waals surface area contributed by atoms with Crippen molar-refractivity contribution in [1.29, 1.82) is 0 Å². The minimum absolute atomic E-state index is 0.0113. The van der Waals surface area contributed by atoms with Gasteiger partial charge >= 0.3 is 0 Å². The second-order valence-electron chi connectivity index (χ2n) is 17.6. The lowest BCUT2D eigenvalue weighted by Gasteiger charge is -2.29. The monoisotopic (exact) mass is 789 g/mol. The summed E-state index contributed by atoms with van der Waals surface area (Å²) in [5.74, 6) is -0.337. The first-order valence-corrected chi connectivity index (χ1v) is 24.8. The Labute approximate surface area is 336 Å². The molecule has 3 atom stereocenters. The summed E-state index contributed by atoms with van der Waals surface area (Å²) in [6, 6.07) is -0.796. The maximum atomic E-state index is 12.1. The first-order valence-electron chi connectivity index (χ1n) is 23.3. The summed E-state index contributed by atoms with van der Waals surface area (Å²) < 4.78 is 22.6. The molecular weight excluding hydrogens is 695 g/mol. The Morgan fingerprint density at radius 1 is 0.574 bits per heavy atom. The third-order valence-corrected chi connectivity index (χ3v) is 11.8. The van der Waals surface area contributed by atoms with Crippen molar-refractivity contribution >= 4 is 13.7 Å². The van der Waals surface area contributed by atoms with Crippen molar-refractivity contribution in [3.8, 4) is 0 Å². The number of quaternary nitrogens is 1. The van der Waals surface area contributed by atoms with Crippen molar-refractivity contribution in [2.75, 3.05) is 40.9 Å². The third-order valence-electron chi connectivity index (χ3n) is 10.9. The van der Waals surface area contributed by atoms with Crippen molar-refractivity contribution in [1.82, 2.24) is 5.32 Å². The topological polar surface area (TPSA) is 108 Å². The second-order valence-corrected chi connectivity index (χ2v) is 19.0. The zero-order valence-corrected chi connectivity index (χ0v) is 37.6. The molecular formula is C45H93N2O6P. The number of carbonyl (C=O) groups excluding carboxylic acids is 1. The van der Waals surface area contributed by atoms with E-state index in [9.17, 15) is 19.4 Å². The van der Waals surface area contributed by atoms with Gasteiger partial charge in [-0.15, -0.1) is 0 Å². The summed E-state index contributed by atoms with van der Waals surface area (Å²) in [7, 11) is 1.30. The van der Waals surface area contributed by atoms with Crippen LogP contribution in [0.1, 0.15) is 232 Å². The highest BCUT2D eigenvalue weighted by molar-refractivity contribution is 7.45. The van der Waals surface area contributed by atoms with Gasteiger partial charge in [0.05, 0.1) is 39.9 Å². The van der Waals surface area contributed by atoms with Crippen LogP contribution in [0.5, 0.6) is 0 Å². The van der Waals surface area contributed by atoms with Crippen molar-refractivity contribution in [2.45, 2.75) is 244 Å². The number of carbonyl (C=O) groups is 1. The van der Waals surface area contributed by atoms with Crippen molar-refractivity contribution in [2.24, 2.45) is 0 Å². The van der Waals surface area contributed by atoms with E-state index in [-0.39, 0.29) is 19.1 Å². The van der Waals surface area contributed by atoms with Gasteiger partial charge in [-0.05, 0) is 6.42 Å². The summed E-state index contributed by atoms with van der Waals surface area (Å²) in [6.07, 6.45) is 45.0. The fourth-order valence-electron chi connectivity index (χ4n) is 7.25. The molecule has 0 aromatic carbocycles. The van der Waals surface area contributed by atoms with E-state index in [0.717, 1.165) is 19.3 Å². The number of rotatable bonds is 43. The molecule has 0 aliphatic carbocycles.